The van der Waals surface area contributed by atoms with E-state index in [0.717, 1.165) is 28.6 Å². The van der Waals surface area contributed by atoms with E-state index in [4.69, 9.17) is 9.47 Å². The molecule has 4 rings (SSSR count). The van der Waals surface area contributed by atoms with Crippen LogP contribution < -0.4 is 14.8 Å². The third-order valence-electron chi connectivity index (χ3n) is 5.35. The monoisotopic (exact) mass is 457 g/mol. The summed E-state index contributed by atoms with van der Waals surface area (Å²) in [6.45, 7) is 0.768. The van der Waals surface area contributed by atoms with Crippen LogP contribution in [0.5, 0.6) is 11.5 Å². The number of carbonyl (C=O) groups excluding carboxylic acids is 2. The van der Waals surface area contributed by atoms with Crippen LogP contribution in [0, 0.1) is 5.92 Å². The Morgan fingerprint density at radius 1 is 1.03 bits per heavy atom. The number of rotatable bonds is 8. The Hall–Kier alpha value is -2.34. The maximum Gasteiger partial charge on any atom is 0.220 e. The summed E-state index contributed by atoms with van der Waals surface area (Å²) in [5.74, 6) is 1.70. The molecule has 1 heterocycles. The molecule has 1 amide bonds. The lowest BCUT2D eigenvalue weighted by Crippen LogP contribution is -2.41. The molecule has 0 spiro atoms. The number of nitrogens with one attached hydrogen (secondary N) is 1. The number of para-hydroxylation sites is 2. The van der Waals surface area contributed by atoms with Gasteiger partial charge in [0.1, 0.15) is 18.5 Å². The summed E-state index contributed by atoms with van der Waals surface area (Å²) in [4.78, 5) is 25.0. The van der Waals surface area contributed by atoms with E-state index in [9.17, 15) is 9.59 Å². The van der Waals surface area contributed by atoms with E-state index in [1.807, 2.05) is 48.5 Å². The van der Waals surface area contributed by atoms with Crippen LogP contribution >= 0.6 is 15.9 Å². The zero-order valence-corrected chi connectivity index (χ0v) is 17.7. The molecular formula is C23H24BrNO4. The van der Waals surface area contributed by atoms with Gasteiger partial charge in [0, 0.05) is 23.2 Å². The van der Waals surface area contributed by atoms with E-state index >= 15 is 0 Å². The molecule has 1 fully saturated rings. The Morgan fingerprint density at radius 2 is 1.76 bits per heavy atom. The highest BCUT2D eigenvalue weighted by Gasteiger charge is 2.32. The van der Waals surface area contributed by atoms with Crippen LogP contribution in [0.25, 0.3) is 0 Å². The summed E-state index contributed by atoms with van der Waals surface area (Å²) >= 11 is 3.44. The number of carbonyl (C=O) groups is 2. The predicted octanol–water partition coefficient (Wildman–Crippen LogP) is 4.25. The fourth-order valence-electron chi connectivity index (χ4n) is 3.54. The van der Waals surface area contributed by atoms with Crippen LogP contribution in [0.4, 0.5) is 0 Å². The van der Waals surface area contributed by atoms with Crippen molar-refractivity contribution < 1.29 is 19.1 Å². The molecule has 2 aromatic carbocycles. The van der Waals surface area contributed by atoms with Gasteiger partial charge in [-0.25, -0.2) is 0 Å². The van der Waals surface area contributed by atoms with Gasteiger partial charge in [0.25, 0.3) is 0 Å². The van der Waals surface area contributed by atoms with Gasteiger partial charge in [0.2, 0.25) is 5.91 Å². The second kappa shape index (κ2) is 8.99. The molecular weight excluding hydrogens is 434 g/mol. The van der Waals surface area contributed by atoms with E-state index in [2.05, 4.69) is 21.2 Å². The van der Waals surface area contributed by atoms with Crippen molar-refractivity contribution in [3.8, 4) is 11.5 Å². The van der Waals surface area contributed by atoms with Crippen molar-refractivity contribution in [2.45, 2.75) is 37.7 Å². The summed E-state index contributed by atoms with van der Waals surface area (Å²) < 4.78 is 12.6. The van der Waals surface area contributed by atoms with Crippen LogP contribution in [0.3, 0.4) is 0 Å². The minimum absolute atomic E-state index is 0.0797. The van der Waals surface area contributed by atoms with Crippen LogP contribution in [0.2, 0.25) is 0 Å². The van der Waals surface area contributed by atoms with E-state index in [-0.39, 0.29) is 36.1 Å². The molecule has 0 aromatic heterocycles. The molecule has 0 saturated heterocycles. The third kappa shape index (κ3) is 5.38. The minimum Gasteiger partial charge on any atom is -0.486 e. The fourth-order valence-corrected chi connectivity index (χ4v) is 3.81. The number of ether oxygens (including phenoxy) is 2. The van der Waals surface area contributed by atoms with Crippen molar-refractivity contribution in [3.63, 3.8) is 0 Å². The van der Waals surface area contributed by atoms with Gasteiger partial charge in [0.05, 0.1) is 6.54 Å². The summed E-state index contributed by atoms with van der Waals surface area (Å²) in [7, 11) is 0. The zero-order chi connectivity index (χ0) is 20.2. The quantitative estimate of drug-likeness (QED) is 0.643. The first-order chi connectivity index (χ1) is 14.1. The van der Waals surface area contributed by atoms with Gasteiger partial charge in [-0.15, -0.1) is 0 Å². The predicted molar refractivity (Wildman–Crippen MR) is 113 cm³/mol. The number of benzene rings is 2. The summed E-state index contributed by atoms with van der Waals surface area (Å²) in [6.07, 6.45) is 2.44. The molecule has 5 nitrogen and oxygen atoms in total. The number of Topliss-reactive ketones (excluding diaryl/α,β-unsaturated/α-hetero) is 1. The lowest BCUT2D eigenvalue weighted by Gasteiger charge is -2.26. The van der Waals surface area contributed by atoms with Gasteiger partial charge in [-0.05, 0) is 48.6 Å². The lowest BCUT2D eigenvalue weighted by atomic mass is 9.89. The number of amides is 1. The molecule has 6 heteroatoms. The molecule has 2 unspecified atom stereocenters. The Kier molecular flexibility index (Phi) is 6.19. The minimum atomic E-state index is -0.229. The summed E-state index contributed by atoms with van der Waals surface area (Å²) in [5.41, 5.74) is 1.02. The molecule has 2 aromatic rings. The van der Waals surface area contributed by atoms with Crippen LogP contribution in [0.15, 0.2) is 53.0 Å². The zero-order valence-electron chi connectivity index (χ0n) is 16.1. The molecule has 1 N–H and O–H groups in total. The maximum atomic E-state index is 12.6. The first-order valence-corrected chi connectivity index (χ1v) is 10.8. The van der Waals surface area contributed by atoms with Gasteiger partial charge >= 0.3 is 0 Å². The fraction of sp³-hybridized carbons (Fsp3) is 0.391. The normalized spacial score (nSPS) is 18.7. The second-order valence-corrected chi connectivity index (χ2v) is 8.61. The largest absolute Gasteiger partial charge is 0.486 e. The van der Waals surface area contributed by atoms with Gasteiger partial charge in [-0.3, -0.25) is 9.59 Å². The van der Waals surface area contributed by atoms with Gasteiger partial charge in [-0.1, -0.05) is 40.2 Å². The number of hydrogen-bond donors (Lipinski definition) is 1. The smallest absolute Gasteiger partial charge is 0.220 e. The number of hydrogen-bond acceptors (Lipinski definition) is 4. The van der Waals surface area contributed by atoms with Crippen LogP contribution in [-0.2, 0) is 9.59 Å². The first kappa shape index (κ1) is 20.0. The Balaban J connectivity index is 1.33. The maximum absolute atomic E-state index is 12.6. The molecule has 0 bridgehead atoms. The van der Waals surface area contributed by atoms with E-state index < -0.39 is 0 Å². The Labute approximate surface area is 178 Å². The third-order valence-corrected chi connectivity index (χ3v) is 5.88. The summed E-state index contributed by atoms with van der Waals surface area (Å²) in [6, 6.07) is 15.4. The van der Waals surface area contributed by atoms with Crippen LogP contribution in [-0.4, -0.2) is 30.9 Å². The summed E-state index contributed by atoms with van der Waals surface area (Å²) in [5, 5.41) is 2.95. The number of ketones is 1. The average molecular weight is 458 g/mol. The number of halogens is 1. The van der Waals surface area contributed by atoms with Gasteiger partial charge in [-0.2, -0.15) is 0 Å². The topological polar surface area (TPSA) is 64.6 Å². The van der Waals surface area contributed by atoms with Crippen molar-refractivity contribution in [2.75, 3.05) is 13.2 Å². The molecule has 0 radical (unpaired) electrons. The van der Waals surface area contributed by atoms with E-state index in [1.165, 1.54) is 0 Å². The first-order valence-electron chi connectivity index (χ1n) is 10.0. The van der Waals surface area contributed by atoms with Crippen molar-refractivity contribution >= 4 is 27.6 Å². The average Bonchev–Trinajstić information content (AvgIpc) is 3.58. The van der Waals surface area contributed by atoms with Crippen molar-refractivity contribution in [3.05, 3.63) is 58.6 Å². The van der Waals surface area contributed by atoms with Crippen molar-refractivity contribution in [2.24, 2.45) is 5.92 Å². The van der Waals surface area contributed by atoms with E-state index in [0.29, 0.717) is 25.3 Å². The molecule has 1 aliphatic heterocycles. The Bertz CT molecular complexity index is 879. The molecule has 1 aliphatic carbocycles. The van der Waals surface area contributed by atoms with E-state index in [1.54, 1.807) is 0 Å². The highest BCUT2D eigenvalue weighted by molar-refractivity contribution is 9.10. The molecule has 2 aliphatic rings. The van der Waals surface area contributed by atoms with Crippen molar-refractivity contribution in [1.29, 1.82) is 0 Å². The lowest BCUT2D eigenvalue weighted by molar-refractivity contribution is -0.123. The van der Waals surface area contributed by atoms with Gasteiger partial charge < -0.3 is 14.8 Å². The van der Waals surface area contributed by atoms with Gasteiger partial charge in [0.15, 0.2) is 11.5 Å². The molecule has 1 saturated carbocycles. The SMILES string of the molecule is O=C(CC(CC(=O)C1CC1)c1ccc(Br)cc1)NCC1COc2ccccc2O1. The molecule has 29 heavy (non-hydrogen) atoms. The standard InChI is InChI=1S/C23H24BrNO4/c24-18-9-7-15(8-10-18)17(11-20(26)16-5-6-16)12-23(27)25-13-19-14-28-21-3-1-2-4-22(21)29-19/h1-4,7-10,16-17,19H,5-6,11-14H2,(H,25,27). The molecule has 2 atom stereocenters. The van der Waals surface area contributed by atoms with Crippen molar-refractivity contribution in [1.82, 2.24) is 5.32 Å². The highest BCUT2D eigenvalue weighted by atomic mass is 79.9. The van der Waals surface area contributed by atoms with Crippen LogP contribution in [0.1, 0.15) is 37.2 Å². The highest BCUT2D eigenvalue weighted by Crippen LogP contribution is 2.35. The molecule has 152 valence electrons. The Morgan fingerprint density at radius 3 is 2.48 bits per heavy atom. The second-order valence-electron chi connectivity index (χ2n) is 7.70. The number of fused-ring (bicyclic) bond motifs is 1.